The Balaban J connectivity index is 2.50. The second kappa shape index (κ2) is 3.22. The van der Waals surface area contributed by atoms with Crippen LogP contribution in [0, 0.1) is 0 Å². The molecule has 1 aliphatic heterocycles. The van der Waals surface area contributed by atoms with Crippen molar-refractivity contribution < 1.29 is 0 Å². The second-order valence-corrected chi connectivity index (χ2v) is 2.02. The lowest BCUT2D eigenvalue weighted by molar-refractivity contribution is 0.475. The molecular formula is C6H12N4. The number of guanidine groups is 1. The highest BCUT2D eigenvalue weighted by Crippen LogP contribution is 1.91. The van der Waals surface area contributed by atoms with Gasteiger partial charge in [-0.25, -0.2) is 5.43 Å². The SMILES string of the molecule is C=CCN1CNNC1=NC. The third-order valence-electron chi connectivity index (χ3n) is 1.33. The third kappa shape index (κ3) is 1.27. The molecule has 10 heavy (non-hydrogen) atoms. The van der Waals surface area contributed by atoms with Gasteiger partial charge in [0.15, 0.2) is 0 Å². The molecule has 0 aromatic carbocycles. The molecule has 56 valence electrons. The minimum Gasteiger partial charge on any atom is -0.324 e. The summed E-state index contributed by atoms with van der Waals surface area (Å²) in [7, 11) is 1.76. The summed E-state index contributed by atoms with van der Waals surface area (Å²) >= 11 is 0. The summed E-state index contributed by atoms with van der Waals surface area (Å²) in [5, 5.41) is 0. The van der Waals surface area contributed by atoms with Crippen molar-refractivity contribution >= 4 is 5.96 Å². The van der Waals surface area contributed by atoms with Gasteiger partial charge in [0.25, 0.3) is 0 Å². The molecule has 1 heterocycles. The van der Waals surface area contributed by atoms with Gasteiger partial charge in [0, 0.05) is 13.6 Å². The number of hydrogen-bond donors (Lipinski definition) is 2. The lowest BCUT2D eigenvalue weighted by Crippen LogP contribution is -2.30. The highest BCUT2D eigenvalue weighted by atomic mass is 15.6. The van der Waals surface area contributed by atoms with E-state index in [4.69, 9.17) is 0 Å². The molecule has 1 saturated heterocycles. The number of rotatable bonds is 2. The van der Waals surface area contributed by atoms with E-state index in [9.17, 15) is 0 Å². The van der Waals surface area contributed by atoms with Crippen molar-refractivity contribution in [3.8, 4) is 0 Å². The fourth-order valence-electron chi connectivity index (χ4n) is 0.872. The first-order valence-corrected chi connectivity index (χ1v) is 3.20. The normalized spacial score (nSPS) is 21.3. The fraction of sp³-hybridized carbons (Fsp3) is 0.500. The zero-order valence-electron chi connectivity index (χ0n) is 6.09. The Hall–Kier alpha value is -1.03. The first-order valence-electron chi connectivity index (χ1n) is 3.20. The largest absolute Gasteiger partial charge is 0.324 e. The Morgan fingerprint density at radius 1 is 1.90 bits per heavy atom. The second-order valence-electron chi connectivity index (χ2n) is 2.02. The summed E-state index contributed by atoms with van der Waals surface area (Å²) in [6.07, 6.45) is 1.85. The minimum atomic E-state index is 0.790. The number of aliphatic imine (C=N–C) groups is 1. The van der Waals surface area contributed by atoms with Crippen molar-refractivity contribution in [1.82, 2.24) is 15.8 Å². The van der Waals surface area contributed by atoms with Crippen LogP contribution in [0.1, 0.15) is 0 Å². The number of nitrogens with zero attached hydrogens (tertiary/aromatic N) is 2. The van der Waals surface area contributed by atoms with Crippen molar-refractivity contribution in [3.63, 3.8) is 0 Å². The smallest absolute Gasteiger partial charge is 0.209 e. The third-order valence-corrected chi connectivity index (χ3v) is 1.33. The molecule has 0 bridgehead atoms. The van der Waals surface area contributed by atoms with Crippen molar-refractivity contribution in [2.24, 2.45) is 4.99 Å². The van der Waals surface area contributed by atoms with E-state index >= 15 is 0 Å². The summed E-state index contributed by atoms with van der Waals surface area (Å²) in [4.78, 5) is 6.06. The van der Waals surface area contributed by atoms with Gasteiger partial charge in [-0.05, 0) is 0 Å². The summed E-state index contributed by atoms with van der Waals surface area (Å²) in [5.74, 6) is 0.875. The quantitative estimate of drug-likeness (QED) is 0.509. The molecule has 1 aliphatic rings. The van der Waals surface area contributed by atoms with Gasteiger partial charge in [0.1, 0.15) is 0 Å². The van der Waals surface area contributed by atoms with Gasteiger partial charge in [-0.1, -0.05) is 6.08 Å². The zero-order valence-corrected chi connectivity index (χ0v) is 6.09. The van der Waals surface area contributed by atoms with Gasteiger partial charge in [0.2, 0.25) is 5.96 Å². The maximum atomic E-state index is 4.01. The van der Waals surface area contributed by atoms with Crippen LogP contribution >= 0.6 is 0 Å². The molecule has 4 nitrogen and oxygen atoms in total. The Kier molecular flexibility index (Phi) is 2.28. The van der Waals surface area contributed by atoms with E-state index in [0.717, 1.165) is 19.2 Å². The average molecular weight is 140 g/mol. The molecule has 0 spiro atoms. The molecule has 4 heteroatoms. The van der Waals surface area contributed by atoms with Crippen LogP contribution < -0.4 is 10.9 Å². The van der Waals surface area contributed by atoms with Crippen LogP contribution in [0.5, 0.6) is 0 Å². The molecule has 0 atom stereocenters. The number of hydrogen-bond acceptors (Lipinski definition) is 2. The van der Waals surface area contributed by atoms with Gasteiger partial charge >= 0.3 is 0 Å². The number of nitrogens with one attached hydrogen (secondary N) is 2. The fourth-order valence-corrected chi connectivity index (χ4v) is 0.872. The number of hydrazine groups is 1. The van der Waals surface area contributed by atoms with Crippen LogP contribution in [-0.2, 0) is 0 Å². The summed E-state index contributed by atoms with van der Waals surface area (Å²) in [6.45, 7) is 5.26. The molecular weight excluding hydrogens is 128 g/mol. The molecule has 0 aromatic rings. The lowest BCUT2D eigenvalue weighted by Gasteiger charge is -2.11. The maximum Gasteiger partial charge on any atom is 0.209 e. The van der Waals surface area contributed by atoms with E-state index in [-0.39, 0.29) is 0 Å². The van der Waals surface area contributed by atoms with Crippen LogP contribution in [0.4, 0.5) is 0 Å². The van der Waals surface area contributed by atoms with Crippen molar-refractivity contribution in [1.29, 1.82) is 0 Å². The monoisotopic (exact) mass is 140 g/mol. The van der Waals surface area contributed by atoms with Crippen LogP contribution in [0.15, 0.2) is 17.6 Å². The van der Waals surface area contributed by atoms with Crippen molar-refractivity contribution in [2.45, 2.75) is 0 Å². The standard InChI is InChI=1S/C6H12N4/c1-3-4-10-5-8-9-6(10)7-2/h3,8H,1,4-5H2,2H3,(H,7,9). The van der Waals surface area contributed by atoms with Gasteiger partial charge in [0.05, 0.1) is 6.67 Å². The summed E-state index contributed by atoms with van der Waals surface area (Å²) in [5.41, 5.74) is 5.87. The Bertz CT molecular complexity index is 152. The molecule has 0 radical (unpaired) electrons. The van der Waals surface area contributed by atoms with E-state index in [1.807, 2.05) is 11.0 Å². The summed E-state index contributed by atoms with van der Waals surface area (Å²) < 4.78 is 0. The predicted octanol–water partition coefficient (Wildman–Crippen LogP) is -0.475. The molecule has 0 saturated carbocycles. The lowest BCUT2D eigenvalue weighted by atomic mass is 10.5. The molecule has 0 aromatic heterocycles. The first kappa shape index (κ1) is 7.08. The Morgan fingerprint density at radius 3 is 3.30 bits per heavy atom. The van der Waals surface area contributed by atoms with Crippen LogP contribution in [0.25, 0.3) is 0 Å². The molecule has 0 unspecified atom stereocenters. The zero-order chi connectivity index (χ0) is 7.40. The van der Waals surface area contributed by atoms with E-state index < -0.39 is 0 Å². The predicted molar refractivity (Wildman–Crippen MR) is 41.4 cm³/mol. The van der Waals surface area contributed by atoms with Crippen LogP contribution in [-0.4, -0.2) is 31.1 Å². The molecule has 2 N–H and O–H groups in total. The molecule has 0 aliphatic carbocycles. The Labute approximate surface area is 60.6 Å². The van der Waals surface area contributed by atoms with Gasteiger partial charge in [-0.15, -0.1) is 6.58 Å². The van der Waals surface area contributed by atoms with E-state index in [1.165, 1.54) is 0 Å². The van der Waals surface area contributed by atoms with Crippen molar-refractivity contribution in [3.05, 3.63) is 12.7 Å². The highest BCUT2D eigenvalue weighted by Gasteiger charge is 2.13. The maximum absolute atomic E-state index is 4.01. The molecule has 1 fully saturated rings. The van der Waals surface area contributed by atoms with Crippen molar-refractivity contribution in [2.75, 3.05) is 20.3 Å². The minimum absolute atomic E-state index is 0.790. The Morgan fingerprint density at radius 2 is 2.70 bits per heavy atom. The topological polar surface area (TPSA) is 39.7 Å². The van der Waals surface area contributed by atoms with E-state index in [1.54, 1.807) is 7.05 Å². The molecule has 1 rings (SSSR count). The summed E-state index contributed by atoms with van der Waals surface area (Å²) in [6, 6.07) is 0. The van der Waals surface area contributed by atoms with Gasteiger partial charge < -0.3 is 4.90 Å². The average Bonchev–Trinajstić information content (AvgIpc) is 2.36. The highest BCUT2D eigenvalue weighted by molar-refractivity contribution is 5.80. The molecule has 0 amide bonds. The van der Waals surface area contributed by atoms with E-state index in [2.05, 4.69) is 22.4 Å². The van der Waals surface area contributed by atoms with Crippen LogP contribution in [0.3, 0.4) is 0 Å². The van der Waals surface area contributed by atoms with Crippen LogP contribution in [0.2, 0.25) is 0 Å². The van der Waals surface area contributed by atoms with Gasteiger partial charge in [-0.3, -0.25) is 10.4 Å². The van der Waals surface area contributed by atoms with Gasteiger partial charge in [-0.2, -0.15) is 0 Å². The first-order chi connectivity index (χ1) is 4.88. The van der Waals surface area contributed by atoms with E-state index in [0.29, 0.717) is 0 Å².